The molecule has 90 valence electrons. The average Bonchev–Trinajstić information content (AvgIpc) is 2.25. The molecule has 0 spiro atoms. The van der Waals surface area contributed by atoms with Crippen molar-refractivity contribution >= 4 is 23.4 Å². The summed E-state index contributed by atoms with van der Waals surface area (Å²) in [5.41, 5.74) is 6.76. The quantitative estimate of drug-likeness (QED) is 0.799. The summed E-state index contributed by atoms with van der Waals surface area (Å²) in [6.07, 6.45) is 0. The minimum Gasteiger partial charge on any atom is -0.396 e. The third kappa shape index (κ3) is 3.98. The predicted octanol–water partition coefficient (Wildman–Crippen LogP) is 3.08. The molecular formula is C12H18ClNOS. The van der Waals surface area contributed by atoms with Gasteiger partial charge in [0, 0.05) is 28.3 Å². The highest BCUT2D eigenvalue weighted by Crippen LogP contribution is 2.28. The van der Waals surface area contributed by atoms with Crippen molar-refractivity contribution in [2.24, 2.45) is 11.7 Å². The Morgan fingerprint density at radius 2 is 2.12 bits per heavy atom. The van der Waals surface area contributed by atoms with E-state index < -0.39 is 0 Å². The molecule has 0 bridgehead atoms. The smallest absolute Gasteiger partial charge is 0.0464 e. The molecule has 0 radical (unpaired) electrons. The Labute approximate surface area is 106 Å². The summed E-state index contributed by atoms with van der Waals surface area (Å²) in [7, 11) is 0. The SMILES string of the molecule is CC(CO)CSc1ccc(C(C)N)c(Cl)c1. The zero-order valence-electron chi connectivity index (χ0n) is 9.61. The lowest BCUT2D eigenvalue weighted by Gasteiger charge is -2.11. The van der Waals surface area contributed by atoms with Crippen LogP contribution in [0.1, 0.15) is 25.5 Å². The van der Waals surface area contributed by atoms with Gasteiger partial charge in [0.25, 0.3) is 0 Å². The second kappa shape index (κ2) is 6.50. The lowest BCUT2D eigenvalue weighted by Crippen LogP contribution is -2.06. The van der Waals surface area contributed by atoms with Gasteiger partial charge in [0.1, 0.15) is 0 Å². The molecule has 0 aromatic heterocycles. The van der Waals surface area contributed by atoms with Crippen LogP contribution in [-0.2, 0) is 0 Å². The molecule has 0 aliphatic carbocycles. The molecule has 2 unspecified atom stereocenters. The van der Waals surface area contributed by atoms with Gasteiger partial charge in [0.05, 0.1) is 0 Å². The number of hydrogen-bond acceptors (Lipinski definition) is 3. The van der Waals surface area contributed by atoms with Gasteiger partial charge in [-0.2, -0.15) is 0 Å². The van der Waals surface area contributed by atoms with Gasteiger partial charge in [0.15, 0.2) is 0 Å². The summed E-state index contributed by atoms with van der Waals surface area (Å²) < 4.78 is 0. The van der Waals surface area contributed by atoms with Crippen molar-refractivity contribution in [3.8, 4) is 0 Å². The molecule has 0 fully saturated rings. The van der Waals surface area contributed by atoms with E-state index in [-0.39, 0.29) is 12.6 Å². The molecule has 0 amide bonds. The molecule has 4 heteroatoms. The largest absolute Gasteiger partial charge is 0.396 e. The number of aliphatic hydroxyl groups excluding tert-OH is 1. The molecule has 0 aliphatic heterocycles. The van der Waals surface area contributed by atoms with Gasteiger partial charge < -0.3 is 10.8 Å². The van der Waals surface area contributed by atoms with Gasteiger partial charge >= 0.3 is 0 Å². The average molecular weight is 260 g/mol. The maximum Gasteiger partial charge on any atom is 0.0464 e. The first-order valence-corrected chi connectivity index (χ1v) is 6.69. The first-order chi connectivity index (χ1) is 7.54. The van der Waals surface area contributed by atoms with Gasteiger partial charge in [-0.05, 0) is 30.5 Å². The summed E-state index contributed by atoms with van der Waals surface area (Å²) in [6, 6.07) is 5.90. The first kappa shape index (κ1) is 13.8. The Morgan fingerprint density at radius 1 is 1.44 bits per heavy atom. The Balaban J connectivity index is 2.66. The van der Waals surface area contributed by atoms with Crippen molar-refractivity contribution in [2.45, 2.75) is 24.8 Å². The third-order valence-corrected chi connectivity index (χ3v) is 3.96. The van der Waals surface area contributed by atoms with Crippen molar-refractivity contribution < 1.29 is 5.11 Å². The van der Waals surface area contributed by atoms with Crippen molar-refractivity contribution in [1.82, 2.24) is 0 Å². The minimum absolute atomic E-state index is 0.0390. The lowest BCUT2D eigenvalue weighted by molar-refractivity contribution is 0.250. The highest BCUT2D eigenvalue weighted by molar-refractivity contribution is 7.99. The molecular weight excluding hydrogens is 242 g/mol. The molecule has 2 atom stereocenters. The fraction of sp³-hybridized carbons (Fsp3) is 0.500. The van der Waals surface area contributed by atoms with Gasteiger partial charge in [0.2, 0.25) is 0 Å². The van der Waals surface area contributed by atoms with Crippen molar-refractivity contribution in [1.29, 1.82) is 0 Å². The van der Waals surface area contributed by atoms with Crippen LogP contribution in [0, 0.1) is 5.92 Å². The van der Waals surface area contributed by atoms with Gasteiger partial charge in [-0.25, -0.2) is 0 Å². The number of rotatable bonds is 5. The number of hydrogen-bond donors (Lipinski definition) is 2. The Morgan fingerprint density at radius 3 is 2.62 bits per heavy atom. The van der Waals surface area contributed by atoms with Crippen molar-refractivity contribution in [3.05, 3.63) is 28.8 Å². The van der Waals surface area contributed by atoms with Crippen LogP contribution in [0.15, 0.2) is 23.1 Å². The Bertz CT molecular complexity index is 344. The van der Waals surface area contributed by atoms with Crippen LogP contribution >= 0.6 is 23.4 Å². The van der Waals surface area contributed by atoms with E-state index in [1.54, 1.807) is 11.8 Å². The molecule has 1 aromatic carbocycles. The second-order valence-electron chi connectivity index (χ2n) is 4.07. The molecule has 3 N–H and O–H groups in total. The number of halogens is 1. The second-order valence-corrected chi connectivity index (χ2v) is 5.57. The van der Waals surface area contributed by atoms with Crippen molar-refractivity contribution in [2.75, 3.05) is 12.4 Å². The molecule has 16 heavy (non-hydrogen) atoms. The predicted molar refractivity (Wildman–Crippen MR) is 71.0 cm³/mol. The topological polar surface area (TPSA) is 46.2 Å². The molecule has 0 heterocycles. The van der Waals surface area contributed by atoms with Crippen LogP contribution in [0.5, 0.6) is 0 Å². The molecule has 0 saturated carbocycles. The van der Waals surface area contributed by atoms with Gasteiger partial charge in [-0.1, -0.05) is 24.6 Å². The van der Waals surface area contributed by atoms with Crippen LogP contribution < -0.4 is 5.73 Å². The van der Waals surface area contributed by atoms with E-state index >= 15 is 0 Å². The van der Waals surface area contributed by atoms with Gasteiger partial charge in [-0.3, -0.25) is 0 Å². The summed E-state index contributed by atoms with van der Waals surface area (Å²) in [5.74, 6) is 1.20. The molecule has 0 aliphatic rings. The molecule has 1 rings (SSSR count). The Hall–Kier alpha value is -0.220. The summed E-state index contributed by atoms with van der Waals surface area (Å²) in [4.78, 5) is 1.12. The van der Waals surface area contributed by atoms with Crippen LogP contribution in [0.3, 0.4) is 0 Å². The highest BCUT2D eigenvalue weighted by Gasteiger charge is 2.07. The fourth-order valence-electron chi connectivity index (χ4n) is 1.26. The fourth-order valence-corrected chi connectivity index (χ4v) is 2.62. The van der Waals surface area contributed by atoms with Gasteiger partial charge in [-0.15, -0.1) is 11.8 Å². The van der Waals surface area contributed by atoms with Crippen LogP contribution in [0.2, 0.25) is 5.02 Å². The van der Waals surface area contributed by atoms with E-state index in [0.717, 1.165) is 21.2 Å². The number of benzene rings is 1. The van der Waals surface area contributed by atoms with Crippen molar-refractivity contribution in [3.63, 3.8) is 0 Å². The van der Waals surface area contributed by atoms with E-state index in [0.29, 0.717) is 5.92 Å². The number of nitrogens with two attached hydrogens (primary N) is 1. The number of aliphatic hydroxyl groups is 1. The first-order valence-electron chi connectivity index (χ1n) is 5.33. The minimum atomic E-state index is -0.0390. The van der Waals surface area contributed by atoms with Crippen LogP contribution in [0.25, 0.3) is 0 Å². The number of thioether (sulfide) groups is 1. The summed E-state index contributed by atoms with van der Waals surface area (Å²) in [6.45, 7) is 4.16. The maximum absolute atomic E-state index is 8.93. The van der Waals surface area contributed by atoms with Crippen LogP contribution in [0.4, 0.5) is 0 Å². The van der Waals surface area contributed by atoms with Crippen LogP contribution in [-0.4, -0.2) is 17.5 Å². The van der Waals surface area contributed by atoms with E-state index in [2.05, 4.69) is 0 Å². The van der Waals surface area contributed by atoms with E-state index in [1.807, 2.05) is 32.0 Å². The zero-order valence-corrected chi connectivity index (χ0v) is 11.2. The monoisotopic (exact) mass is 259 g/mol. The van der Waals surface area contributed by atoms with E-state index in [9.17, 15) is 0 Å². The van der Waals surface area contributed by atoms with E-state index in [4.69, 9.17) is 22.4 Å². The third-order valence-electron chi connectivity index (χ3n) is 2.31. The summed E-state index contributed by atoms with van der Waals surface area (Å²) >= 11 is 7.83. The maximum atomic E-state index is 8.93. The normalized spacial score (nSPS) is 14.8. The standard InChI is InChI=1S/C12H18ClNOS/c1-8(6-15)7-16-10-3-4-11(9(2)14)12(13)5-10/h3-5,8-9,15H,6-7,14H2,1-2H3. The molecule has 1 aromatic rings. The molecule has 2 nitrogen and oxygen atoms in total. The summed E-state index contributed by atoms with van der Waals surface area (Å²) in [5, 5.41) is 9.65. The molecule has 0 saturated heterocycles. The van der Waals surface area contributed by atoms with E-state index in [1.165, 1.54) is 0 Å². The lowest BCUT2D eigenvalue weighted by atomic mass is 10.1. The highest BCUT2D eigenvalue weighted by atomic mass is 35.5. The zero-order chi connectivity index (χ0) is 12.1. The Kier molecular flexibility index (Phi) is 5.62.